The number of benzene rings is 4. The molecule has 4 rings (SSSR count). The van der Waals surface area contributed by atoms with E-state index in [0.717, 1.165) is 0 Å². The minimum atomic E-state index is -4.26. The molecule has 0 aliphatic rings. The summed E-state index contributed by atoms with van der Waals surface area (Å²) in [4.78, 5) is -0.377. The fourth-order valence-corrected chi connectivity index (χ4v) is 4.97. The SMILES string of the molecule is O=S(=O)(ONc1ccccc1)c1cccc2c(S(=O)(=O)ONc3ccccc3)cccc12. The van der Waals surface area contributed by atoms with Gasteiger partial charge >= 0.3 is 20.2 Å². The maximum absolute atomic E-state index is 12.8. The minimum absolute atomic E-state index is 0.173. The van der Waals surface area contributed by atoms with Crippen LogP contribution in [0.15, 0.2) is 107 Å². The van der Waals surface area contributed by atoms with Crippen LogP contribution in [0.1, 0.15) is 0 Å². The summed E-state index contributed by atoms with van der Waals surface area (Å²) in [5.74, 6) is 0. The number of nitrogens with one attached hydrogen (secondary N) is 2. The molecule has 0 unspecified atom stereocenters. The lowest BCUT2D eigenvalue weighted by molar-refractivity contribution is 0.390. The highest BCUT2D eigenvalue weighted by atomic mass is 32.2. The number of hydrogen-bond acceptors (Lipinski definition) is 8. The fraction of sp³-hybridized carbons (Fsp3) is 0. The molecule has 0 heterocycles. The van der Waals surface area contributed by atoms with Crippen molar-refractivity contribution in [2.75, 3.05) is 11.0 Å². The van der Waals surface area contributed by atoms with Gasteiger partial charge in [0.25, 0.3) is 0 Å². The number of fused-ring (bicyclic) bond motifs is 1. The van der Waals surface area contributed by atoms with Gasteiger partial charge in [0.2, 0.25) is 0 Å². The van der Waals surface area contributed by atoms with Crippen LogP contribution in [0.4, 0.5) is 11.4 Å². The molecular formula is C22H18N2O6S2. The van der Waals surface area contributed by atoms with Gasteiger partial charge in [-0.3, -0.25) is 0 Å². The molecule has 0 aliphatic carbocycles. The first-order valence-electron chi connectivity index (χ1n) is 9.38. The topological polar surface area (TPSA) is 111 Å². The molecule has 4 aromatic carbocycles. The van der Waals surface area contributed by atoms with Crippen LogP contribution in [0, 0.1) is 0 Å². The molecule has 0 saturated heterocycles. The van der Waals surface area contributed by atoms with Crippen LogP contribution in [0.3, 0.4) is 0 Å². The molecule has 0 saturated carbocycles. The summed E-state index contributed by atoms with van der Waals surface area (Å²) >= 11 is 0. The van der Waals surface area contributed by atoms with E-state index in [1.165, 1.54) is 36.4 Å². The summed E-state index contributed by atoms with van der Waals surface area (Å²) in [6.45, 7) is 0. The lowest BCUT2D eigenvalue weighted by Gasteiger charge is -2.12. The predicted molar refractivity (Wildman–Crippen MR) is 121 cm³/mol. The normalized spacial score (nSPS) is 11.9. The van der Waals surface area contributed by atoms with Crippen LogP contribution in [-0.2, 0) is 28.8 Å². The minimum Gasteiger partial charge on any atom is -0.249 e. The van der Waals surface area contributed by atoms with Crippen LogP contribution in [0.25, 0.3) is 10.8 Å². The Labute approximate surface area is 185 Å². The Balaban J connectivity index is 1.66. The number of para-hydroxylation sites is 2. The second kappa shape index (κ2) is 8.97. The fourth-order valence-electron chi connectivity index (χ4n) is 3.00. The summed E-state index contributed by atoms with van der Waals surface area (Å²) in [7, 11) is -8.53. The highest BCUT2D eigenvalue weighted by Crippen LogP contribution is 2.30. The van der Waals surface area contributed by atoms with Gasteiger partial charge in [-0.05, 0) is 36.4 Å². The summed E-state index contributed by atoms with van der Waals surface area (Å²) in [5, 5.41) is 0.346. The van der Waals surface area contributed by atoms with Gasteiger partial charge in [-0.25, -0.2) is 11.0 Å². The number of anilines is 2. The summed E-state index contributed by atoms with van der Waals surface area (Å²) in [6, 6.07) is 25.5. The van der Waals surface area contributed by atoms with E-state index in [9.17, 15) is 16.8 Å². The van der Waals surface area contributed by atoms with Gasteiger partial charge in [0.05, 0.1) is 11.4 Å². The van der Waals surface area contributed by atoms with Crippen molar-refractivity contribution in [2.45, 2.75) is 9.79 Å². The Morgan fingerprint density at radius 3 is 1.22 bits per heavy atom. The zero-order valence-corrected chi connectivity index (χ0v) is 18.1. The quantitative estimate of drug-likeness (QED) is 0.367. The molecule has 164 valence electrons. The van der Waals surface area contributed by atoms with Gasteiger partial charge < -0.3 is 0 Å². The number of rotatable bonds is 8. The maximum atomic E-state index is 12.8. The molecule has 8 nitrogen and oxygen atoms in total. The smallest absolute Gasteiger partial charge is 0.249 e. The largest absolute Gasteiger partial charge is 0.318 e. The van der Waals surface area contributed by atoms with Crippen LogP contribution < -0.4 is 11.0 Å². The third-order valence-electron chi connectivity index (χ3n) is 4.47. The molecule has 0 amide bonds. The molecule has 0 aliphatic heterocycles. The highest BCUT2D eigenvalue weighted by Gasteiger charge is 2.24. The zero-order valence-electron chi connectivity index (χ0n) is 16.5. The van der Waals surface area contributed by atoms with Crippen molar-refractivity contribution in [3.63, 3.8) is 0 Å². The van der Waals surface area contributed by atoms with Crippen molar-refractivity contribution in [1.29, 1.82) is 0 Å². The highest BCUT2D eigenvalue weighted by molar-refractivity contribution is 7.87. The Kier molecular flexibility index (Phi) is 6.10. The Bertz CT molecular complexity index is 1330. The van der Waals surface area contributed by atoms with Gasteiger partial charge in [-0.1, -0.05) is 60.7 Å². The molecule has 0 bridgehead atoms. The molecule has 4 aromatic rings. The molecular weight excluding hydrogens is 452 g/mol. The second-order valence-electron chi connectivity index (χ2n) is 6.62. The van der Waals surface area contributed by atoms with Crippen LogP contribution in [0.5, 0.6) is 0 Å². The molecule has 2 N–H and O–H groups in total. The van der Waals surface area contributed by atoms with Crippen molar-refractivity contribution in [2.24, 2.45) is 0 Å². The monoisotopic (exact) mass is 470 g/mol. The lowest BCUT2D eigenvalue weighted by atomic mass is 10.1. The van der Waals surface area contributed by atoms with Gasteiger partial charge in [0.15, 0.2) is 0 Å². The zero-order chi connectivity index (χ0) is 22.6. The van der Waals surface area contributed by atoms with Gasteiger partial charge in [0.1, 0.15) is 9.79 Å². The van der Waals surface area contributed by atoms with E-state index in [1.54, 1.807) is 60.7 Å². The van der Waals surface area contributed by atoms with Crippen LogP contribution in [0.2, 0.25) is 0 Å². The first kappa shape index (κ1) is 21.8. The predicted octanol–water partition coefficient (Wildman–Crippen LogP) is 4.30. The van der Waals surface area contributed by atoms with E-state index in [0.29, 0.717) is 11.4 Å². The lowest BCUT2D eigenvalue weighted by Crippen LogP contribution is -2.14. The van der Waals surface area contributed by atoms with Gasteiger partial charge in [-0.15, -0.1) is 8.57 Å². The van der Waals surface area contributed by atoms with Crippen molar-refractivity contribution in [1.82, 2.24) is 0 Å². The van der Waals surface area contributed by atoms with Crippen molar-refractivity contribution >= 4 is 42.4 Å². The average molecular weight is 471 g/mol. The molecule has 0 aromatic heterocycles. The van der Waals surface area contributed by atoms with Crippen LogP contribution in [-0.4, -0.2) is 16.8 Å². The third-order valence-corrected chi connectivity index (χ3v) is 6.86. The molecule has 10 heteroatoms. The van der Waals surface area contributed by atoms with E-state index in [-0.39, 0.29) is 20.6 Å². The third kappa shape index (κ3) is 4.73. The second-order valence-corrected chi connectivity index (χ2v) is 9.65. The van der Waals surface area contributed by atoms with Crippen molar-refractivity contribution in [3.8, 4) is 0 Å². The Morgan fingerprint density at radius 1 is 0.469 bits per heavy atom. The standard InChI is InChI=1S/C22H18N2O6S2/c25-31(26,29-23-17-9-3-1-4-10-17)21-15-7-14-20-19(21)13-8-16-22(20)32(27,28)30-24-18-11-5-2-6-12-18/h1-16,23-24H. The van der Waals surface area contributed by atoms with E-state index in [2.05, 4.69) is 11.0 Å². The molecule has 32 heavy (non-hydrogen) atoms. The molecule has 0 fully saturated rings. The van der Waals surface area contributed by atoms with Gasteiger partial charge in [-0.2, -0.15) is 16.8 Å². The van der Waals surface area contributed by atoms with Crippen molar-refractivity contribution < 1.29 is 25.4 Å². The van der Waals surface area contributed by atoms with E-state index in [1.807, 2.05) is 0 Å². The van der Waals surface area contributed by atoms with Crippen LogP contribution >= 0.6 is 0 Å². The van der Waals surface area contributed by atoms with E-state index >= 15 is 0 Å². The molecule has 0 spiro atoms. The van der Waals surface area contributed by atoms with Crippen molar-refractivity contribution in [3.05, 3.63) is 97.1 Å². The first-order valence-corrected chi connectivity index (χ1v) is 12.2. The molecule has 0 atom stereocenters. The Morgan fingerprint density at radius 2 is 0.844 bits per heavy atom. The average Bonchev–Trinajstić information content (AvgIpc) is 2.82. The summed E-state index contributed by atoms with van der Waals surface area (Å²) < 4.78 is 61.2. The maximum Gasteiger partial charge on any atom is 0.318 e. The number of hydrogen-bond donors (Lipinski definition) is 2. The first-order chi connectivity index (χ1) is 15.4. The summed E-state index contributed by atoms with van der Waals surface area (Å²) in [5.41, 5.74) is 5.67. The van der Waals surface area contributed by atoms with E-state index in [4.69, 9.17) is 8.57 Å². The molecule has 0 radical (unpaired) electrons. The summed E-state index contributed by atoms with van der Waals surface area (Å²) in [6.07, 6.45) is 0. The Hall–Kier alpha value is -3.44. The van der Waals surface area contributed by atoms with E-state index < -0.39 is 20.2 Å². The van der Waals surface area contributed by atoms with Gasteiger partial charge in [0, 0.05) is 10.8 Å².